The fourth-order valence-electron chi connectivity index (χ4n) is 2.68. The maximum atomic E-state index is 12.7. The molecule has 1 aromatic rings. The first kappa shape index (κ1) is 14.5. The summed E-state index contributed by atoms with van der Waals surface area (Å²) in [5.74, 6) is -2.75. The number of nitrogens with zero attached hydrogens (tertiary/aromatic N) is 2. The third-order valence-corrected chi connectivity index (χ3v) is 4.11. The van der Waals surface area contributed by atoms with Crippen molar-refractivity contribution >= 4 is 40.8 Å². The molecule has 0 saturated carbocycles. The van der Waals surface area contributed by atoms with Gasteiger partial charge >= 0.3 is 5.97 Å². The molecule has 0 spiro atoms. The molecule has 7 nitrogen and oxygen atoms in total. The Labute approximate surface area is 130 Å². The van der Waals surface area contributed by atoms with Crippen LogP contribution in [0.25, 0.3) is 0 Å². The first-order valence-corrected chi connectivity index (χ1v) is 6.85. The van der Waals surface area contributed by atoms with E-state index in [1.54, 1.807) is 24.3 Å². The van der Waals surface area contributed by atoms with Gasteiger partial charge in [0.25, 0.3) is 5.91 Å². The maximum absolute atomic E-state index is 12.7. The number of nitrogens with one attached hydrogen (secondary N) is 1. The van der Waals surface area contributed by atoms with Crippen LogP contribution < -0.4 is 10.3 Å². The minimum Gasteiger partial charge on any atom is -0.464 e. The van der Waals surface area contributed by atoms with Gasteiger partial charge in [-0.2, -0.15) is 5.10 Å². The van der Waals surface area contributed by atoms with Crippen LogP contribution in [0.5, 0.6) is 0 Å². The van der Waals surface area contributed by atoms with Gasteiger partial charge in [0.2, 0.25) is 5.91 Å². The molecule has 2 aliphatic rings. The molecule has 2 aliphatic heterocycles. The van der Waals surface area contributed by atoms with Crippen molar-refractivity contribution < 1.29 is 19.1 Å². The number of hydrogen-bond acceptors (Lipinski definition) is 6. The van der Waals surface area contributed by atoms with Crippen molar-refractivity contribution in [1.29, 1.82) is 0 Å². The number of ether oxygens (including phenoxy) is 1. The minimum absolute atomic E-state index is 0.0974. The second-order valence-corrected chi connectivity index (χ2v) is 5.63. The lowest BCUT2D eigenvalue weighted by Crippen LogP contribution is -2.48. The van der Waals surface area contributed by atoms with E-state index in [4.69, 9.17) is 11.6 Å². The Morgan fingerprint density at radius 1 is 1.36 bits per heavy atom. The summed E-state index contributed by atoms with van der Waals surface area (Å²) in [6, 6.07) is 6.29. The highest BCUT2D eigenvalue weighted by molar-refractivity contribution is 6.47. The number of fused-ring (bicyclic) bond motifs is 1. The summed E-state index contributed by atoms with van der Waals surface area (Å²) in [6.45, 7) is 1.53. The highest BCUT2D eigenvalue weighted by Crippen LogP contribution is 2.38. The van der Waals surface area contributed by atoms with E-state index >= 15 is 0 Å². The van der Waals surface area contributed by atoms with Crippen LogP contribution in [-0.2, 0) is 19.1 Å². The molecular weight excluding hydrogens is 310 g/mol. The number of benzene rings is 1. The average molecular weight is 322 g/mol. The number of esters is 1. The number of imide groups is 1. The van der Waals surface area contributed by atoms with Crippen LogP contribution in [0.3, 0.4) is 0 Å². The zero-order valence-corrected chi connectivity index (χ0v) is 12.5. The van der Waals surface area contributed by atoms with Crippen LogP contribution in [0.1, 0.15) is 6.92 Å². The number of anilines is 1. The van der Waals surface area contributed by atoms with Gasteiger partial charge in [0.15, 0.2) is 5.71 Å². The van der Waals surface area contributed by atoms with Crippen molar-refractivity contribution in [2.24, 2.45) is 11.0 Å². The van der Waals surface area contributed by atoms with Crippen LogP contribution in [0.15, 0.2) is 29.4 Å². The van der Waals surface area contributed by atoms with E-state index in [1.807, 2.05) is 0 Å². The fraction of sp³-hybridized carbons (Fsp3) is 0.286. The summed E-state index contributed by atoms with van der Waals surface area (Å²) in [7, 11) is 1.19. The van der Waals surface area contributed by atoms with E-state index in [2.05, 4.69) is 15.3 Å². The molecule has 1 saturated heterocycles. The van der Waals surface area contributed by atoms with Crippen molar-refractivity contribution in [2.75, 3.05) is 12.0 Å². The number of methoxy groups -OCH3 is 1. The standard InChI is InChI=1S/C14H12ClN3O4/c1-14-9(10(16-17-14)12(20)22-2)11(19)18(13(14)21)8-5-3-7(15)4-6-8/h3-6,9,17H,1-2H3. The smallest absolute Gasteiger partial charge is 0.355 e. The molecule has 2 heterocycles. The van der Waals surface area contributed by atoms with E-state index in [1.165, 1.54) is 14.0 Å². The van der Waals surface area contributed by atoms with E-state index in [0.29, 0.717) is 10.7 Å². The van der Waals surface area contributed by atoms with Gasteiger partial charge in [-0.05, 0) is 31.2 Å². The second kappa shape index (κ2) is 4.81. The van der Waals surface area contributed by atoms with Crippen LogP contribution in [0, 0.1) is 5.92 Å². The molecule has 8 heteroatoms. The number of hydrazone groups is 1. The van der Waals surface area contributed by atoms with Gasteiger partial charge < -0.3 is 4.74 Å². The predicted molar refractivity (Wildman–Crippen MR) is 78.4 cm³/mol. The number of hydrogen-bond donors (Lipinski definition) is 1. The van der Waals surface area contributed by atoms with E-state index in [9.17, 15) is 14.4 Å². The number of carbonyl (C=O) groups excluding carboxylic acids is 3. The Kier molecular flexibility index (Phi) is 3.17. The van der Waals surface area contributed by atoms with Crippen LogP contribution in [-0.4, -0.2) is 36.1 Å². The summed E-state index contributed by atoms with van der Waals surface area (Å²) in [5, 5.41) is 4.30. The van der Waals surface area contributed by atoms with Crippen molar-refractivity contribution in [3.05, 3.63) is 29.3 Å². The van der Waals surface area contributed by atoms with Gasteiger partial charge in [0.1, 0.15) is 11.5 Å². The third kappa shape index (κ3) is 1.82. The van der Waals surface area contributed by atoms with E-state index in [0.717, 1.165) is 4.90 Å². The van der Waals surface area contributed by atoms with Crippen LogP contribution in [0.4, 0.5) is 5.69 Å². The van der Waals surface area contributed by atoms with Crippen molar-refractivity contribution in [3.63, 3.8) is 0 Å². The van der Waals surface area contributed by atoms with Gasteiger partial charge in [-0.1, -0.05) is 11.6 Å². The third-order valence-electron chi connectivity index (χ3n) is 3.85. The average Bonchev–Trinajstić information content (AvgIpc) is 2.95. The molecule has 3 rings (SSSR count). The van der Waals surface area contributed by atoms with Crippen LogP contribution in [0.2, 0.25) is 5.02 Å². The predicted octanol–water partition coefficient (Wildman–Crippen LogP) is 0.720. The largest absolute Gasteiger partial charge is 0.464 e. The number of carbonyl (C=O) groups is 3. The molecular formula is C14H12ClN3O4. The highest BCUT2D eigenvalue weighted by atomic mass is 35.5. The van der Waals surface area contributed by atoms with Gasteiger partial charge in [0.05, 0.1) is 12.8 Å². The lowest BCUT2D eigenvalue weighted by atomic mass is 9.86. The number of halogens is 1. The zero-order chi connectivity index (χ0) is 16.1. The van der Waals surface area contributed by atoms with Gasteiger partial charge in [-0.25, -0.2) is 9.69 Å². The summed E-state index contributed by atoms with van der Waals surface area (Å²) < 4.78 is 4.62. The molecule has 0 radical (unpaired) electrons. The summed E-state index contributed by atoms with van der Waals surface area (Å²) in [5.41, 5.74) is 1.60. The quantitative estimate of drug-likeness (QED) is 0.640. The first-order chi connectivity index (χ1) is 10.4. The Bertz CT molecular complexity index is 715. The Morgan fingerprint density at radius 2 is 2.00 bits per heavy atom. The molecule has 0 aromatic heterocycles. The van der Waals surface area contributed by atoms with Crippen molar-refractivity contribution in [1.82, 2.24) is 5.43 Å². The first-order valence-electron chi connectivity index (χ1n) is 6.47. The Morgan fingerprint density at radius 3 is 2.59 bits per heavy atom. The SMILES string of the molecule is COC(=O)C1=NNC2(C)C(=O)N(c3ccc(Cl)cc3)C(=O)C12. The summed E-state index contributed by atoms with van der Waals surface area (Å²) in [4.78, 5) is 38.1. The minimum atomic E-state index is -1.29. The highest BCUT2D eigenvalue weighted by Gasteiger charge is 2.63. The Hall–Kier alpha value is -2.41. The number of amides is 2. The van der Waals surface area contributed by atoms with Crippen molar-refractivity contribution in [3.8, 4) is 0 Å². The molecule has 1 aromatic carbocycles. The molecule has 0 bridgehead atoms. The molecule has 1 fully saturated rings. The fourth-order valence-corrected chi connectivity index (χ4v) is 2.80. The van der Waals surface area contributed by atoms with E-state index in [-0.39, 0.29) is 5.71 Å². The number of rotatable bonds is 2. The van der Waals surface area contributed by atoms with Gasteiger partial charge in [-0.3, -0.25) is 15.0 Å². The topological polar surface area (TPSA) is 88.1 Å². The second-order valence-electron chi connectivity index (χ2n) is 5.19. The summed E-state index contributed by atoms with van der Waals surface area (Å²) >= 11 is 5.82. The lowest BCUT2D eigenvalue weighted by Gasteiger charge is -2.20. The zero-order valence-electron chi connectivity index (χ0n) is 11.8. The molecule has 0 aliphatic carbocycles. The molecule has 2 atom stereocenters. The van der Waals surface area contributed by atoms with Crippen LogP contribution >= 0.6 is 11.6 Å². The summed E-state index contributed by atoms with van der Waals surface area (Å²) in [6.07, 6.45) is 0. The molecule has 2 amide bonds. The molecule has 114 valence electrons. The molecule has 2 unspecified atom stereocenters. The molecule has 22 heavy (non-hydrogen) atoms. The van der Waals surface area contributed by atoms with Gasteiger partial charge in [0, 0.05) is 5.02 Å². The van der Waals surface area contributed by atoms with Crippen molar-refractivity contribution in [2.45, 2.75) is 12.5 Å². The maximum Gasteiger partial charge on any atom is 0.355 e. The Balaban J connectivity index is 2.03. The monoisotopic (exact) mass is 321 g/mol. The van der Waals surface area contributed by atoms with Gasteiger partial charge in [-0.15, -0.1) is 0 Å². The molecule has 1 N–H and O–H groups in total. The lowest BCUT2D eigenvalue weighted by molar-refractivity contribution is -0.133. The normalized spacial score (nSPS) is 26.6. The van der Waals surface area contributed by atoms with E-state index < -0.39 is 29.2 Å².